The van der Waals surface area contributed by atoms with Crippen LogP contribution in [0, 0.1) is 17.0 Å². The van der Waals surface area contributed by atoms with Gasteiger partial charge in [-0.05, 0) is 34.5 Å². The van der Waals surface area contributed by atoms with E-state index in [1.165, 1.54) is 12.1 Å². The van der Waals surface area contributed by atoms with E-state index in [0.29, 0.717) is 15.6 Å². The summed E-state index contributed by atoms with van der Waals surface area (Å²) in [5.74, 6) is 0. The molecule has 4 nitrogen and oxygen atoms in total. The van der Waals surface area contributed by atoms with Crippen molar-refractivity contribution in [3.63, 3.8) is 0 Å². The summed E-state index contributed by atoms with van der Waals surface area (Å²) in [6.07, 6.45) is 0. The lowest BCUT2D eigenvalue weighted by Gasteiger charge is -2.04. The second-order valence-corrected chi connectivity index (χ2v) is 3.39. The van der Waals surface area contributed by atoms with Crippen LogP contribution in [-0.2, 0) is 6.61 Å². The quantitative estimate of drug-likeness (QED) is 0.642. The molecule has 0 aromatic heterocycles. The van der Waals surface area contributed by atoms with Crippen LogP contribution in [0.2, 0.25) is 0 Å². The molecule has 0 radical (unpaired) electrons. The van der Waals surface area contributed by atoms with E-state index in [1.807, 2.05) is 0 Å². The number of nitro benzene ring substituents is 1. The molecule has 0 heterocycles. The van der Waals surface area contributed by atoms with Crippen molar-refractivity contribution in [2.45, 2.75) is 13.5 Å². The first-order chi connectivity index (χ1) is 6.07. The molecule has 5 heteroatoms. The molecule has 0 bridgehead atoms. The van der Waals surface area contributed by atoms with E-state index in [-0.39, 0.29) is 12.3 Å². The molecule has 1 N–H and O–H groups in total. The van der Waals surface area contributed by atoms with E-state index in [0.717, 1.165) is 0 Å². The fourth-order valence-electron chi connectivity index (χ4n) is 1.05. The average Bonchev–Trinajstić information content (AvgIpc) is 2.09. The van der Waals surface area contributed by atoms with Gasteiger partial charge in [0.2, 0.25) is 0 Å². The fourth-order valence-corrected chi connectivity index (χ4v) is 1.51. The summed E-state index contributed by atoms with van der Waals surface area (Å²) >= 11 is 3.20. The van der Waals surface area contributed by atoms with Crippen LogP contribution in [0.3, 0.4) is 0 Å². The summed E-state index contributed by atoms with van der Waals surface area (Å²) in [4.78, 5) is 10.1. The number of nitro groups is 1. The smallest absolute Gasteiger partial charge is 0.273 e. The standard InChI is InChI=1S/C8H8BrNO3/c1-5-7(10(12)13)3-2-6(4-11)8(5)9/h2-3,11H,4H2,1H3. The van der Waals surface area contributed by atoms with Crippen molar-refractivity contribution in [2.75, 3.05) is 0 Å². The Kier molecular flexibility index (Phi) is 3.00. The van der Waals surface area contributed by atoms with Crippen LogP contribution in [0.25, 0.3) is 0 Å². The number of hydrogen-bond donors (Lipinski definition) is 1. The minimum absolute atomic E-state index is 0.0593. The van der Waals surface area contributed by atoms with Crippen LogP contribution < -0.4 is 0 Å². The highest BCUT2D eigenvalue weighted by Gasteiger charge is 2.14. The van der Waals surface area contributed by atoms with Crippen LogP contribution in [0.5, 0.6) is 0 Å². The second-order valence-electron chi connectivity index (χ2n) is 2.60. The Bertz CT molecular complexity index is 351. The summed E-state index contributed by atoms with van der Waals surface area (Å²) in [6, 6.07) is 2.93. The van der Waals surface area contributed by atoms with Gasteiger partial charge < -0.3 is 5.11 Å². The Morgan fingerprint density at radius 3 is 2.69 bits per heavy atom. The Morgan fingerprint density at radius 1 is 1.62 bits per heavy atom. The van der Waals surface area contributed by atoms with Gasteiger partial charge in [-0.3, -0.25) is 10.1 Å². The van der Waals surface area contributed by atoms with Crippen molar-refractivity contribution in [1.29, 1.82) is 0 Å². The normalized spacial score (nSPS) is 10.1. The Morgan fingerprint density at radius 2 is 2.23 bits per heavy atom. The van der Waals surface area contributed by atoms with Crippen LogP contribution in [0.4, 0.5) is 5.69 Å². The summed E-state index contributed by atoms with van der Waals surface area (Å²) in [5.41, 5.74) is 1.25. The predicted molar refractivity (Wildman–Crippen MR) is 51.5 cm³/mol. The predicted octanol–water partition coefficient (Wildman–Crippen LogP) is 2.16. The zero-order valence-electron chi connectivity index (χ0n) is 6.95. The lowest BCUT2D eigenvalue weighted by molar-refractivity contribution is -0.385. The van der Waals surface area contributed by atoms with Gasteiger partial charge in [-0.2, -0.15) is 0 Å². The maximum Gasteiger partial charge on any atom is 0.273 e. The van der Waals surface area contributed by atoms with Gasteiger partial charge in [0, 0.05) is 16.1 Å². The number of benzene rings is 1. The van der Waals surface area contributed by atoms with Crippen LogP contribution in [0.1, 0.15) is 11.1 Å². The third-order valence-corrected chi connectivity index (χ3v) is 2.91. The van der Waals surface area contributed by atoms with Crippen molar-refractivity contribution in [1.82, 2.24) is 0 Å². The molecule has 0 spiro atoms. The third kappa shape index (κ3) is 1.87. The molecule has 0 atom stereocenters. The molecule has 0 saturated heterocycles. The van der Waals surface area contributed by atoms with Gasteiger partial charge in [0.25, 0.3) is 5.69 Å². The highest BCUT2D eigenvalue weighted by Crippen LogP contribution is 2.28. The van der Waals surface area contributed by atoms with Gasteiger partial charge in [-0.15, -0.1) is 0 Å². The number of aliphatic hydroxyl groups is 1. The van der Waals surface area contributed by atoms with Crippen molar-refractivity contribution in [3.05, 3.63) is 37.8 Å². The molecular weight excluding hydrogens is 238 g/mol. The molecule has 0 amide bonds. The molecule has 1 rings (SSSR count). The summed E-state index contributed by atoms with van der Waals surface area (Å²) in [5, 5.41) is 19.4. The molecule has 1 aromatic carbocycles. The summed E-state index contributed by atoms with van der Waals surface area (Å²) in [7, 11) is 0. The number of halogens is 1. The minimum Gasteiger partial charge on any atom is -0.392 e. The van der Waals surface area contributed by atoms with Crippen molar-refractivity contribution >= 4 is 21.6 Å². The molecule has 0 aliphatic rings. The average molecular weight is 246 g/mol. The largest absolute Gasteiger partial charge is 0.392 e. The number of rotatable bonds is 2. The summed E-state index contributed by atoms with van der Waals surface area (Å²) in [6.45, 7) is 1.51. The zero-order chi connectivity index (χ0) is 10.0. The molecule has 70 valence electrons. The van der Waals surface area contributed by atoms with Crippen molar-refractivity contribution in [3.8, 4) is 0 Å². The second kappa shape index (κ2) is 3.85. The lowest BCUT2D eigenvalue weighted by atomic mass is 10.1. The third-order valence-electron chi connectivity index (χ3n) is 1.80. The lowest BCUT2D eigenvalue weighted by Crippen LogP contribution is -1.95. The Hall–Kier alpha value is -0.940. The Balaban J connectivity index is 3.31. The maximum absolute atomic E-state index is 10.5. The van der Waals surface area contributed by atoms with E-state index in [1.54, 1.807) is 6.92 Å². The monoisotopic (exact) mass is 245 g/mol. The van der Waals surface area contributed by atoms with Gasteiger partial charge in [0.1, 0.15) is 0 Å². The van der Waals surface area contributed by atoms with Gasteiger partial charge in [0.05, 0.1) is 11.5 Å². The van der Waals surface area contributed by atoms with Gasteiger partial charge in [-0.25, -0.2) is 0 Å². The highest BCUT2D eigenvalue weighted by molar-refractivity contribution is 9.10. The van der Waals surface area contributed by atoms with E-state index < -0.39 is 4.92 Å². The topological polar surface area (TPSA) is 63.4 Å². The SMILES string of the molecule is Cc1c([N+](=O)[O-])ccc(CO)c1Br. The zero-order valence-corrected chi connectivity index (χ0v) is 8.54. The highest BCUT2D eigenvalue weighted by atomic mass is 79.9. The molecule has 0 fully saturated rings. The fraction of sp³-hybridized carbons (Fsp3) is 0.250. The van der Waals surface area contributed by atoms with Crippen LogP contribution >= 0.6 is 15.9 Å². The molecular formula is C8H8BrNO3. The molecule has 13 heavy (non-hydrogen) atoms. The van der Waals surface area contributed by atoms with Gasteiger partial charge in [-0.1, -0.05) is 0 Å². The molecule has 0 saturated carbocycles. The number of hydrogen-bond acceptors (Lipinski definition) is 3. The Labute approximate surface area is 83.5 Å². The minimum atomic E-state index is -0.443. The molecule has 1 aromatic rings. The summed E-state index contributed by atoms with van der Waals surface area (Å²) < 4.78 is 0.601. The molecule has 0 unspecified atom stereocenters. The first-order valence-corrected chi connectivity index (χ1v) is 4.40. The number of aliphatic hydroxyl groups excluding tert-OH is 1. The molecule has 0 aliphatic heterocycles. The van der Waals surface area contributed by atoms with Crippen LogP contribution in [0.15, 0.2) is 16.6 Å². The van der Waals surface area contributed by atoms with Crippen LogP contribution in [-0.4, -0.2) is 10.0 Å². The van der Waals surface area contributed by atoms with Gasteiger partial charge >= 0.3 is 0 Å². The first-order valence-electron chi connectivity index (χ1n) is 3.61. The molecule has 0 aliphatic carbocycles. The van der Waals surface area contributed by atoms with Crippen molar-refractivity contribution < 1.29 is 10.0 Å². The van der Waals surface area contributed by atoms with E-state index in [2.05, 4.69) is 15.9 Å². The maximum atomic E-state index is 10.5. The van der Waals surface area contributed by atoms with E-state index in [9.17, 15) is 10.1 Å². The first kappa shape index (κ1) is 10.1. The van der Waals surface area contributed by atoms with E-state index in [4.69, 9.17) is 5.11 Å². The van der Waals surface area contributed by atoms with Crippen molar-refractivity contribution in [2.24, 2.45) is 0 Å². The van der Waals surface area contributed by atoms with Gasteiger partial charge in [0.15, 0.2) is 0 Å². The van der Waals surface area contributed by atoms with E-state index >= 15 is 0 Å². The number of nitrogens with zero attached hydrogens (tertiary/aromatic N) is 1.